The van der Waals surface area contributed by atoms with Gasteiger partial charge in [-0.1, -0.05) is 12.8 Å². The van der Waals surface area contributed by atoms with E-state index in [0.29, 0.717) is 6.04 Å². The summed E-state index contributed by atoms with van der Waals surface area (Å²) in [5, 5.41) is 9.53. The van der Waals surface area contributed by atoms with Crippen LogP contribution in [-0.2, 0) is 4.74 Å². The quantitative estimate of drug-likeness (QED) is 0.707. The minimum Gasteiger partial charge on any atom is -0.393 e. The fourth-order valence-corrected chi connectivity index (χ4v) is 2.60. The van der Waals surface area contributed by atoms with E-state index in [0.717, 1.165) is 26.0 Å². The SMILES string of the molecule is COCCCN1CCCCCC1CC(C)O. The summed E-state index contributed by atoms with van der Waals surface area (Å²) in [6.45, 7) is 5.06. The summed E-state index contributed by atoms with van der Waals surface area (Å²) in [6, 6.07) is 0.583. The first-order valence-electron chi connectivity index (χ1n) is 6.65. The summed E-state index contributed by atoms with van der Waals surface area (Å²) < 4.78 is 5.10. The van der Waals surface area contributed by atoms with Crippen LogP contribution in [-0.4, -0.2) is 49.0 Å². The average Bonchev–Trinajstić information content (AvgIpc) is 2.44. The van der Waals surface area contributed by atoms with Crippen molar-refractivity contribution in [1.29, 1.82) is 0 Å². The number of methoxy groups -OCH3 is 1. The Bertz CT molecular complexity index is 173. The Morgan fingerprint density at radius 3 is 2.88 bits per heavy atom. The Hall–Kier alpha value is -0.120. The zero-order chi connectivity index (χ0) is 11.8. The van der Waals surface area contributed by atoms with Gasteiger partial charge in [0.2, 0.25) is 0 Å². The second-order valence-corrected chi connectivity index (χ2v) is 4.97. The van der Waals surface area contributed by atoms with Gasteiger partial charge in [0, 0.05) is 26.3 Å². The van der Waals surface area contributed by atoms with Crippen LogP contribution in [0.25, 0.3) is 0 Å². The van der Waals surface area contributed by atoms with Gasteiger partial charge in [-0.25, -0.2) is 0 Å². The van der Waals surface area contributed by atoms with Crippen LogP contribution in [0.5, 0.6) is 0 Å². The molecule has 1 saturated heterocycles. The van der Waals surface area contributed by atoms with E-state index >= 15 is 0 Å². The van der Waals surface area contributed by atoms with Crippen molar-refractivity contribution in [2.24, 2.45) is 0 Å². The van der Waals surface area contributed by atoms with Crippen molar-refractivity contribution >= 4 is 0 Å². The number of aliphatic hydroxyl groups excluding tert-OH is 1. The van der Waals surface area contributed by atoms with Crippen LogP contribution < -0.4 is 0 Å². The molecule has 0 saturated carbocycles. The van der Waals surface area contributed by atoms with Crippen molar-refractivity contribution in [2.75, 3.05) is 26.8 Å². The minimum absolute atomic E-state index is 0.173. The van der Waals surface area contributed by atoms with Gasteiger partial charge in [0.25, 0.3) is 0 Å². The van der Waals surface area contributed by atoms with Gasteiger partial charge in [0.05, 0.1) is 6.10 Å². The maximum absolute atomic E-state index is 9.53. The molecule has 2 unspecified atom stereocenters. The third-order valence-electron chi connectivity index (χ3n) is 3.41. The number of nitrogens with zero attached hydrogens (tertiary/aromatic N) is 1. The molecule has 0 aromatic heterocycles. The van der Waals surface area contributed by atoms with Gasteiger partial charge >= 0.3 is 0 Å². The van der Waals surface area contributed by atoms with E-state index in [9.17, 15) is 5.11 Å². The molecule has 0 aromatic rings. The van der Waals surface area contributed by atoms with Gasteiger partial charge in [-0.2, -0.15) is 0 Å². The zero-order valence-electron chi connectivity index (χ0n) is 10.8. The van der Waals surface area contributed by atoms with Crippen LogP contribution in [0, 0.1) is 0 Å². The van der Waals surface area contributed by atoms with Crippen LogP contribution in [0.1, 0.15) is 45.4 Å². The molecule has 96 valence electrons. The summed E-state index contributed by atoms with van der Waals surface area (Å²) in [5.41, 5.74) is 0. The highest BCUT2D eigenvalue weighted by atomic mass is 16.5. The van der Waals surface area contributed by atoms with E-state index in [1.807, 2.05) is 6.92 Å². The first-order valence-corrected chi connectivity index (χ1v) is 6.65. The highest BCUT2D eigenvalue weighted by molar-refractivity contribution is 4.77. The maximum atomic E-state index is 9.53. The Morgan fingerprint density at radius 2 is 2.19 bits per heavy atom. The van der Waals surface area contributed by atoms with E-state index in [4.69, 9.17) is 4.74 Å². The lowest BCUT2D eigenvalue weighted by molar-refractivity contribution is 0.102. The first kappa shape index (κ1) is 13.9. The Labute approximate surface area is 99.8 Å². The third-order valence-corrected chi connectivity index (χ3v) is 3.41. The number of likely N-dealkylation sites (tertiary alicyclic amines) is 1. The summed E-state index contributed by atoms with van der Waals surface area (Å²) in [7, 11) is 1.76. The molecule has 1 fully saturated rings. The molecular weight excluding hydrogens is 202 g/mol. The topological polar surface area (TPSA) is 32.7 Å². The summed E-state index contributed by atoms with van der Waals surface area (Å²) in [6.07, 6.45) is 7.07. The largest absolute Gasteiger partial charge is 0.393 e. The average molecular weight is 229 g/mol. The Morgan fingerprint density at radius 1 is 1.38 bits per heavy atom. The van der Waals surface area contributed by atoms with Crippen LogP contribution in [0.15, 0.2) is 0 Å². The number of hydrogen-bond donors (Lipinski definition) is 1. The molecule has 1 heterocycles. The summed E-state index contributed by atoms with van der Waals surface area (Å²) >= 11 is 0. The molecule has 2 atom stereocenters. The molecule has 0 aromatic carbocycles. The van der Waals surface area contributed by atoms with Gasteiger partial charge in [-0.05, 0) is 39.2 Å². The van der Waals surface area contributed by atoms with Crippen LogP contribution >= 0.6 is 0 Å². The molecule has 0 aliphatic carbocycles. The van der Waals surface area contributed by atoms with Crippen LogP contribution in [0.4, 0.5) is 0 Å². The van der Waals surface area contributed by atoms with E-state index < -0.39 is 0 Å². The van der Waals surface area contributed by atoms with Crippen LogP contribution in [0.3, 0.4) is 0 Å². The van der Waals surface area contributed by atoms with Crippen molar-refractivity contribution in [3.8, 4) is 0 Å². The predicted octanol–water partition coefficient (Wildman–Crippen LogP) is 2.04. The highest BCUT2D eigenvalue weighted by Crippen LogP contribution is 2.20. The van der Waals surface area contributed by atoms with Crippen molar-refractivity contribution in [2.45, 2.75) is 57.6 Å². The molecule has 0 bridgehead atoms. The van der Waals surface area contributed by atoms with Crippen molar-refractivity contribution in [1.82, 2.24) is 4.90 Å². The lowest BCUT2D eigenvalue weighted by Gasteiger charge is -2.30. The second-order valence-electron chi connectivity index (χ2n) is 4.97. The van der Waals surface area contributed by atoms with E-state index in [2.05, 4.69) is 4.90 Å². The smallest absolute Gasteiger partial charge is 0.0527 e. The van der Waals surface area contributed by atoms with Gasteiger partial charge in [0.1, 0.15) is 0 Å². The van der Waals surface area contributed by atoms with Gasteiger partial charge in [-0.15, -0.1) is 0 Å². The van der Waals surface area contributed by atoms with Crippen LogP contribution in [0.2, 0.25) is 0 Å². The van der Waals surface area contributed by atoms with E-state index in [1.165, 1.54) is 32.2 Å². The standard InChI is InChI=1S/C13H27NO2/c1-12(15)11-13-7-4-3-5-8-14(13)9-6-10-16-2/h12-13,15H,3-11H2,1-2H3. The summed E-state index contributed by atoms with van der Waals surface area (Å²) in [5.74, 6) is 0. The van der Waals surface area contributed by atoms with E-state index in [1.54, 1.807) is 7.11 Å². The minimum atomic E-state index is -0.173. The molecule has 1 N–H and O–H groups in total. The normalized spacial score (nSPS) is 25.3. The van der Waals surface area contributed by atoms with Crippen molar-refractivity contribution < 1.29 is 9.84 Å². The van der Waals surface area contributed by atoms with Crippen molar-refractivity contribution in [3.05, 3.63) is 0 Å². The second kappa shape index (κ2) is 8.04. The molecule has 1 aliphatic heterocycles. The number of aliphatic hydroxyl groups is 1. The molecule has 16 heavy (non-hydrogen) atoms. The van der Waals surface area contributed by atoms with Gasteiger partial charge in [-0.3, -0.25) is 0 Å². The lowest BCUT2D eigenvalue weighted by Crippen LogP contribution is -2.38. The number of hydrogen-bond acceptors (Lipinski definition) is 3. The highest BCUT2D eigenvalue weighted by Gasteiger charge is 2.21. The molecule has 0 spiro atoms. The molecule has 1 aliphatic rings. The molecule has 3 heteroatoms. The molecule has 0 amide bonds. The van der Waals surface area contributed by atoms with Gasteiger partial charge < -0.3 is 14.7 Å². The number of ether oxygens (including phenoxy) is 1. The zero-order valence-corrected chi connectivity index (χ0v) is 10.8. The Balaban J connectivity index is 2.38. The fraction of sp³-hybridized carbons (Fsp3) is 1.00. The molecule has 3 nitrogen and oxygen atoms in total. The Kier molecular flexibility index (Phi) is 7.01. The lowest BCUT2D eigenvalue weighted by atomic mass is 10.0. The fourth-order valence-electron chi connectivity index (χ4n) is 2.60. The molecule has 0 radical (unpaired) electrons. The van der Waals surface area contributed by atoms with E-state index in [-0.39, 0.29) is 6.10 Å². The molecular formula is C13H27NO2. The van der Waals surface area contributed by atoms with Gasteiger partial charge in [0.15, 0.2) is 0 Å². The third kappa shape index (κ3) is 5.28. The maximum Gasteiger partial charge on any atom is 0.0527 e. The predicted molar refractivity (Wildman–Crippen MR) is 66.6 cm³/mol. The molecule has 1 rings (SSSR count). The summed E-state index contributed by atoms with van der Waals surface area (Å²) in [4.78, 5) is 2.55. The van der Waals surface area contributed by atoms with Crippen molar-refractivity contribution in [3.63, 3.8) is 0 Å². The number of rotatable bonds is 6. The first-order chi connectivity index (χ1) is 7.74. The monoisotopic (exact) mass is 229 g/mol.